The van der Waals surface area contributed by atoms with Gasteiger partial charge in [0.05, 0.1) is 17.4 Å². The van der Waals surface area contributed by atoms with Crippen LogP contribution in [0, 0.1) is 0 Å². The summed E-state index contributed by atoms with van der Waals surface area (Å²) in [5, 5.41) is 8.74. The van der Waals surface area contributed by atoms with Gasteiger partial charge in [-0.3, -0.25) is 4.79 Å². The first kappa shape index (κ1) is 15.9. The van der Waals surface area contributed by atoms with E-state index in [1.165, 1.54) is 18.2 Å². The minimum atomic E-state index is -3.83. The van der Waals surface area contributed by atoms with Gasteiger partial charge in [0.2, 0.25) is 10.0 Å². The lowest BCUT2D eigenvalue weighted by Gasteiger charge is -2.26. The van der Waals surface area contributed by atoms with E-state index in [9.17, 15) is 17.6 Å². The Morgan fingerprint density at radius 3 is 2.71 bits per heavy atom. The molecule has 5 nitrogen and oxygen atoms in total. The number of benzene rings is 1. The summed E-state index contributed by atoms with van der Waals surface area (Å²) in [6.45, 7) is 0. The summed E-state index contributed by atoms with van der Waals surface area (Å²) < 4.78 is 40.6. The van der Waals surface area contributed by atoms with Gasteiger partial charge in [-0.25, -0.2) is 17.5 Å². The minimum Gasteiger partial charge on any atom is -0.481 e. The van der Waals surface area contributed by atoms with Gasteiger partial charge in [0.1, 0.15) is 6.17 Å². The highest BCUT2D eigenvalue weighted by molar-refractivity contribution is 7.89. The maximum Gasteiger partial charge on any atom is 0.307 e. The monoisotopic (exact) mass is 315 g/mol. The van der Waals surface area contributed by atoms with Crippen molar-refractivity contribution in [3.63, 3.8) is 0 Å². The van der Waals surface area contributed by atoms with Crippen LogP contribution in [-0.2, 0) is 21.2 Å². The van der Waals surface area contributed by atoms with Crippen molar-refractivity contribution in [2.24, 2.45) is 0 Å². The van der Waals surface area contributed by atoms with Crippen molar-refractivity contribution >= 4 is 16.0 Å². The Labute approximate surface area is 123 Å². The second kappa shape index (κ2) is 6.53. The molecule has 0 saturated heterocycles. The number of hydrogen-bond acceptors (Lipinski definition) is 3. The summed E-state index contributed by atoms with van der Waals surface area (Å²) >= 11 is 0. The van der Waals surface area contributed by atoms with E-state index in [-0.39, 0.29) is 11.3 Å². The number of nitrogens with one attached hydrogen (secondary N) is 1. The maximum absolute atomic E-state index is 13.7. The normalized spacial score (nSPS) is 22.9. The van der Waals surface area contributed by atoms with Crippen molar-refractivity contribution in [1.82, 2.24) is 4.72 Å². The predicted octanol–water partition coefficient (Wildman–Crippen LogP) is 1.87. The Morgan fingerprint density at radius 2 is 2.05 bits per heavy atom. The van der Waals surface area contributed by atoms with Crippen LogP contribution in [-0.4, -0.2) is 31.7 Å². The fourth-order valence-electron chi connectivity index (χ4n) is 2.48. The summed E-state index contributed by atoms with van der Waals surface area (Å²) in [6.07, 6.45) is 0.996. The Morgan fingerprint density at radius 1 is 1.33 bits per heavy atom. The number of rotatable bonds is 5. The molecular weight excluding hydrogens is 297 g/mol. The molecule has 0 heterocycles. The average Bonchev–Trinajstić information content (AvgIpc) is 2.41. The number of halogens is 1. The van der Waals surface area contributed by atoms with Crippen LogP contribution >= 0.6 is 0 Å². The molecule has 0 unspecified atom stereocenters. The first-order valence-electron chi connectivity index (χ1n) is 6.85. The van der Waals surface area contributed by atoms with Gasteiger partial charge in [-0.1, -0.05) is 25.0 Å². The molecule has 2 rings (SSSR count). The molecule has 1 aliphatic carbocycles. The highest BCUT2D eigenvalue weighted by Gasteiger charge is 2.29. The van der Waals surface area contributed by atoms with Crippen LogP contribution in [0.2, 0.25) is 0 Å². The zero-order valence-electron chi connectivity index (χ0n) is 11.5. The number of carboxylic acid groups (broad SMARTS) is 1. The summed E-state index contributed by atoms with van der Waals surface area (Å²) in [4.78, 5) is 10.6. The van der Waals surface area contributed by atoms with Crippen LogP contribution in [0.15, 0.2) is 29.2 Å². The largest absolute Gasteiger partial charge is 0.481 e. The fraction of sp³-hybridized carbons (Fsp3) is 0.500. The van der Waals surface area contributed by atoms with Crippen molar-refractivity contribution in [1.29, 1.82) is 0 Å². The zero-order valence-corrected chi connectivity index (χ0v) is 12.3. The number of sulfonamides is 1. The quantitative estimate of drug-likeness (QED) is 0.869. The molecule has 0 amide bonds. The van der Waals surface area contributed by atoms with E-state index in [1.807, 2.05) is 0 Å². The van der Waals surface area contributed by atoms with Crippen LogP contribution in [0.5, 0.6) is 0 Å². The van der Waals surface area contributed by atoms with Crippen molar-refractivity contribution in [2.75, 3.05) is 0 Å². The maximum atomic E-state index is 13.7. The standard InChI is InChI=1S/C14H18FNO4S/c15-12-6-1-2-7-13(12)16-21(19,20)11-5-3-4-10(8-11)9-14(17)18/h3-5,8,12-13,16H,1-2,6-7,9H2,(H,17,18)/t12-,13-/m1/s1. The molecule has 0 bridgehead atoms. The van der Waals surface area contributed by atoms with E-state index in [4.69, 9.17) is 5.11 Å². The molecule has 1 saturated carbocycles. The SMILES string of the molecule is O=C(O)Cc1cccc(S(=O)(=O)N[C@@H]2CCCC[C@H]2F)c1. The van der Waals surface area contributed by atoms with Crippen LogP contribution < -0.4 is 4.72 Å². The summed E-state index contributed by atoms with van der Waals surface area (Å²) in [5.41, 5.74) is 0.394. The van der Waals surface area contributed by atoms with Crippen molar-refractivity contribution in [3.8, 4) is 0 Å². The van der Waals surface area contributed by atoms with E-state index in [0.717, 1.165) is 12.8 Å². The van der Waals surface area contributed by atoms with E-state index >= 15 is 0 Å². The van der Waals surface area contributed by atoms with Crippen LogP contribution in [0.25, 0.3) is 0 Å². The van der Waals surface area contributed by atoms with E-state index in [1.54, 1.807) is 6.07 Å². The highest BCUT2D eigenvalue weighted by atomic mass is 32.2. The Bertz CT molecular complexity index is 617. The average molecular weight is 315 g/mol. The number of alkyl halides is 1. The molecular formula is C14H18FNO4S. The molecule has 7 heteroatoms. The summed E-state index contributed by atoms with van der Waals surface area (Å²) in [5.74, 6) is -1.03. The van der Waals surface area contributed by atoms with Gasteiger partial charge in [-0.05, 0) is 30.5 Å². The smallest absolute Gasteiger partial charge is 0.307 e. The number of carbonyl (C=O) groups is 1. The highest BCUT2D eigenvalue weighted by Crippen LogP contribution is 2.23. The first-order chi connectivity index (χ1) is 9.88. The Balaban J connectivity index is 2.17. The molecule has 1 aliphatic rings. The van der Waals surface area contributed by atoms with Crippen LogP contribution in [0.4, 0.5) is 4.39 Å². The van der Waals surface area contributed by atoms with Gasteiger partial charge >= 0.3 is 5.97 Å². The van der Waals surface area contributed by atoms with Crippen molar-refractivity contribution < 1.29 is 22.7 Å². The Kier molecular flexibility index (Phi) is 4.95. The van der Waals surface area contributed by atoms with Gasteiger partial charge in [0.25, 0.3) is 0 Å². The third kappa shape index (κ3) is 4.25. The molecule has 1 fully saturated rings. The lowest BCUT2D eigenvalue weighted by atomic mass is 9.95. The molecule has 116 valence electrons. The topological polar surface area (TPSA) is 83.5 Å². The van der Waals surface area contributed by atoms with Gasteiger partial charge in [-0.2, -0.15) is 0 Å². The van der Waals surface area contributed by atoms with Gasteiger partial charge in [-0.15, -0.1) is 0 Å². The van der Waals surface area contributed by atoms with E-state index < -0.39 is 28.2 Å². The lowest BCUT2D eigenvalue weighted by molar-refractivity contribution is -0.136. The van der Waals surface area contributed by atoms with Crippen molar-refractivity contribution in [3.05, 3.63) is 29.8 Å². The summed E-state index contributed by atoms with van der Waals surface area (Å²) in [7, 11) is -3.83. The molecule has 2 atom stereocenters. The number of hydrogen-bond donors (Lipinski definition) is 2. The lowest BCUT2D eigenvalue weighted by Crippen LogP contribution is -2.43. The number of carboxylic acids is 1. The van der Waals surface area contributed by atoms with E-state index in [0.29, 0.717) is 18.4 Å². The van der Waals surface area contributed by atoms with Gasteiger partial charge in [0.15, 0.2) is 0 Å². The first-order valence-corrected chi connectivity index (χ1v) is 8.34. The van der Waals surface area contributed by atoms with E-state index in [2.05, 4.69) is 4.72 Å². The molecule has 2 N–H and O–H groups in total. The number of aliphatic carboxylic acids is 1. The van der Waals surface area contributed by atoms with Crippen molar-refractivity contribution in [2.45, 2.75) is 49.2 Å². The molecule has 0 radical (unpaired) electrons. The predicted molar refractivity (Wildman–Crippen MR) is 75.3 cm³/mol. The molecule has 0 spiro atoms. The molecule has 0 aromatic heterocycles. The fourth-order valence-corrected chi connectivity index (χ4v) is 3.85. The summed E-state index contributed by atoms with van der Waals surface area (Å²) in [6, 6.07) is 5.02. The van der Waals surface area contributed by atoms with Crippen LogP contribution in [0.1, 0.15) is 31.2 Å². The third-order valence-corrected chi connectivity index (χ3v) is 5.04. The molecule has 0 aliphatic heterocycles. The van der Waals surface area contributed by atoms with Gasteiger partial charge in [0, 0.05) is 0 Å². The van der Waals surface area contributed by atoms with Crippen LogP contribution in [0.3, 0.4) is 0 Å². The molecule has 1 aromatic carbocycles. The molecule has 21 heavy (non-hydrogen) atoms. The second-order valence-corrected chi connectivity index (χ2v) is 6.96. The second-order valence-electron chi connectivity index (χ2n) is 5.25. The minimum absolute atomic E-state index is 0.0287. The third-order valence-electron chi connectivity index (χ3n) is 3.55. The zero-order chi connectivity index (χ0) is 15.5. The molecule has 1 aromatic rings. The Hall–Kier alpha value is -1.47. The van der Waals surface area contributed by atoms with Gasteiger partial charge < -0.3 is 5.11 Å².